The minimum Gasteiger partial charge on any atom is -0.393 e. The van der Waals surface area contributed by atoms with Crippen LogP contribution >= 0.6 is 0 Å². The van der Waals surface area contributed by atoms with Gasteiger partial charge in [0.05, 0.1) is 35.7 Å². The zero-order valence-electron chi connectivity index (χ0n) is 14.0. The van der Waals surface area contributed by atoms with Crippen LogP contribution in [0.2, 0.25) is 0 Å². The normalized spacial score (nSPS) is 21.0. The second-order valence-corrected chi connectivity index (χ2v) is 6.74. The van der Waals surface area contributed by atoms with Crippen molar-refractivity contribution >= 4 is 16.9 Å². The summed E-state index contributed by atoms with van der Waals surface area (Å²) >= 11 is 0. The third-order valence-electron chi connectivity index (χ3n) is 4.86. The number of nitrogens with one attached hydrogen (secondary N) is 1. The number of imidazole rings is 1. The van der Waals surface area contributed by atoms with Crippen molar-refractivity contribution in [2.75, 3.05) is 0 Å². The highest BCUT2D eigenvalue weighted by Crippen LogP contribution is 2.37. The molecule has 0 aliphatic heterocycles. The summed E-state index contributed by atoms with van der Waals surface area (Å²) < 4.78 is 3.58. The number of nitrogens with zero attached hydrogens (tertiary/aromatic N) is 4. The molecule has 7 nitrogen and oxygen atoms in total. The van der Waals surface area contributed by atoms with Crippen molar-refractivity contribution in [3.63, 3.8) is 0 Å². The molecule has 1 amide bonds. The van der Waals surface area contributed by atoms with Gasteiger partial charge in [0.15, 0.2) is 0 Å². The second kappa shape index (κ2) is 6.33. The summed E-state index contributed by atoms with van der Waals surface area (Å²) in [6.45, 7) is 0.215. The average molecular weight is 339 g/mol. The van der Waals surface area contributed by atoms with Crippen molar-refractivity contribution in [3.05, 3.63) is 48.5 Å². The Bertz CT molecular complexity index is 894. The van der Waals surface area contributed by atoms with Gasteiger partial charge in [0.25, 0.3) is 0 Å². The maximum absolute atomic E-state index is 12.6. The van der Waals surface area contributed by atoms with Crippen LogP contribution in [-0.4, -0.2) is 36.4 Å². The zero-order valence-corrected chi connectivity index (χ0v) is 14.0. The zero-order chi connectivity index (χ0) is 17.4. The van der Waals surface area contributed by atoms with E-state index in [4.69, 9.17) is 0 Å². The van der Waals surface area contributed by atoms with Crippen LogP contribution in [0.15, 0.2) is 43.0 Å². The first-order chi connectivity index (χ1) is 12.1. The third-order valence-corrected chi connectivity index (χ3v) is 4.86. The molecule has 1 aliphatic carbocycles. The van der Waals surface area contributed by atoms with Crippen LogP contribution in [0, 0.1) is 5.92 Å². The SMILES string of the molecule is Cn1cc(C(NC(=O)Cn2cnc3ccccc32)C2CC(O)C2)cn1. The number of para-hydroxylation sites is 2. The number of hydrogen-bond acceptors (Lipinski definition) is 4. The molecule has 1 saturated carbocycles. The Morgan fingerprint density at radius 2 is 2.20 bits per heavy atom. The lowest BCUT2D eigenvalue weighted by Gasteiger charge is -2.37. The Morgan fingerprint density at radius 3 is 2.92 bits per heavy atom. The van der Waals surface area contributed by atoms with E-state index in [1.165, 1.54) is 0 Å². The summed E-state index contributed by atoms with van der Waals surface area (Å²) in [6.07, 6.45) is 6.53. The predicted octanol–water partition coefficient (Wildman–Crippen LogP) is 1.40. The van der Waals surface area contributed by atoms with Crippen molar-refractivity contribution in [1.82, 2.24) is 24.6 Å². The minimum atomic E-state index is -0.265. The highest BCUT2D eigenvalue weighted by molar-refractivity contribution is 5.80. The molecular formula is C18H21N5O2. The number of carbonyl (C=O) groups excluding carboxylic acids is 1. The smallest absolute Gasteiger partial charge is 0.240 e. The quantitative estimate of drug-likeness (QED) is 0.736. The molecule has 4 rings (SSSR count). The van der Waals surface area contributed by atoms with E-state index < -0.39 is 0 Å². The van der Waals surface area contributed by atoms with Gasteiger partial charge < -0.3 is 15.0 Å². The van der Waals surface area contributed by atoms with Crippen molar-refractivity contribution in [3.8, 4) is 0 Å². The molecule has 3 aromatic rings. The van der Waals surface area contributed by atoms with E-state index in [0.29, 0.717) is 12.8 Å². The van der Waals surface area contributed by atoms with E-state index in [-0.39, 0.29) is 30.5 Å². The lowest BCUT2D eigenvalue weighted by atomic mass is 9.75. The molecule has 1 atom stereocenters. The van der Waals surface area contributed by atoms with Crippen molar-refractivity contribution in [2.24, 2.45) is 13.0 Å². The molecule has 0 spiro atoms. The second-order valence-electron chi connectivity index (χ2n) is 6.74. The molecule has 1 unspecified atom stereocenters. The van der Waals surface area contributed by atoms with Crippen molar-refractivity contribution in [2.45, 2.75) is 31.5 Å². The number of carbonyl (C=O) groups is 1. The van der Waals surface area contributed by atoms with Crippen LogP contribution in [0.4, 0.5) is 0 Å². The molecule has 1 aliphatic rings. The number of aryl methyl sites for hydroxylation is 1. The number of aromatic nitrogens is 4. The molecule has 1 aromatic carbocycles. The Morgan fingerprint density at radius 1 is 1.40 bits per heavy atom. The monoisotopic (exact) mass is 339 g/mol. The van der Waals surface area contributed by atoms with Crippen molar-refractivity contribution in [1.29, 1.82) is 0 Å². The molecule has 130 valence electrons. The van der Waals surface area contributed by atoms with E-state index in [0.717, 1.165) is 16.6 Å². The fourth-order valence-corrected chi connectivity index (χ4v) is 3.49. The van der Waals surface area contributed by atoms with E-state index in [1.807, 2.05) is 42.1 Å². The van der Waals surface area contributed by atoms with Gasteiger partial charge in [-0.15, -0.1) is 0 Å². The van der Waals surface area contributed by atoms with Gasteiger partial charge in [0.2, 0.25) is 5.91 Å². The molecule has 0 bridgehead atoms. The minimum absolute atomic E-state index is 0.0709. The Hall–Kier alpha value is -2.67. The first-order valence-electron chi connectivity index (χ1n) is 8.46. The lowest BCUT2D eigenvalue weighted by molar-refractivity contribution is -0.123. The molecule has 0 radical (unpaired) electrons. The number of benzene rings is 1. The topological polar surface area (TPSA) is 85.0 Å². The van der Waals surface area contributed by atoms with Gasteiger partial charge >= 0.3 is 0 Å². The highest BCUT2D eigenvalue weighted by atomic mass is 16.3. The third kappa shape index (κ3) is 3.15. The molecule has 2 N–H and O–H groups in total. The van der Waals surface area contributed by atoms with Crippen LogP contribution in [0.3, 0.4) is 0 Å². The van der Waals surface area contributed by atoms with Gasteiger partial charge in [-0.05, 0) is 30.9 Å². The Balaban J connectivity index is 1.50. The van der Waals surface area contributed by atoms with Crippen LogP contribution in [0.25, 0.3) is 11.0 Å². The van der Waals surface area contributed by atoms with Crippen LogP contribution in [0.1, 0.15) is 24.4 Å². The molecule has 7 heteroatoms. The van der Waals surface area contributed by atoms with Gasteiger partial charge in [-0.3, -0.25) is 9.48 Å². The first kappa shape index (κ1) is 15.8. The van der Waals surface area contributed by atoms with Crippen LogP contribution in [-0.2, 0) is 18.4 Å². The van der Waals surface area contributed by atoms with E-state index in [2.05, 4.69) is 15.4 Å². The highest BCUT2D eigenvalue weighted by Gasteiger charge is 2.36. The van der Waals surface area contributed by atoms with Gasteiger partial charge in [0, 0.05) is 18.8 Å². The van der Waals surface area contributed by atoms with Gasteiger partial charge in [-0.25, -0.2) is 4.98 Å². The number of rotatable bonds is 5. The number of amides is 1. The molecule has 0 saturated heterocycles. The van der Waals surface area contributed by atoms with E-state index in [9.17, 15) is 9.90 Å². The fraction of sp³-hybridized carbons (Fsp3) is 0.389. The number of fused-ring (bicyclic) bond motifs is 1. The van der Waals surface area contributed by atoms with Crippen LogP contribution < -0.4 is 5.32 Å². The molecular weight excluding hydrogens is 318 g/mol. The Kier molecular flexibility index (Phi) is 4.01. The summed E-state index contributed by atoms with van der Waals surface area (Å²) in [5.41, 5.74) is 2.79. The predicted molar refractivity (Wildman–Crippen MR) is 92.6 cm³/mol. The fourth-order valence-electron chi connectivity index (χ4n) is 3.49. The maximum Gasteiger partial charge on any atom is 0.240 e. The van der Waals surface area contributed by atoms with Crippen LogP contribution in [0.5, 0.6) is 0 Å². The number of aliphatic hydroxyl groups excluding tert-OH is 1. The van der Waals surface area contributed by atoms with Crippen molar-refractivity contribution < 1.29 is 9.90 Å². The summed E-state index contributed by atoms with van der Waals surface area (Å²) in [7, 11) is 1.86. The maximum atomic E-state index is 12.6. The number of aliphatic hydroxyl groups is 1. The van der Waals surface area contributed by atoms with E-state index in [1.54, 1.807) is 17.2 Å². The summed E-state index contributed by atoms with van der Waals surface area (Å²) in [6, 6.07) is 7.63. The van der Waals surface area contributed by atoms with E-state index >= 15 is 0 Å². The Labute approximate surface area is 145 Å². The van der Waals surface area contributed by atoms with Gasteiger partial charge in [-0.2, -0.15) is 5.10 Å². The number of hydrogen-bond donors (Lipinski definition) is 2. The van der Waals surface area contributed by atoms with Gasteiger partial charge in [0.1, 0.15) is 6.54 Å². The molecule has 2 aromatic heterocycles. The largest absolute Gasteiger partial charge is 0.393 e. The summed E-state index contributed by atoms with van der Waals surface area (Å²) in [5.74, 6) is 0.168. The molecule has 1 fully saturated rings. The average Bonchev–Trinajstić information content (AvgIpc) is 3.17. The van der Waals surface area contributed by atoms with Gasteiger partial charge in [-0.1, -0.05) is 12.1 Å². The molecule has 2 heterocycles. The molecule has 25 heavy (non-hydrogen) atoms. The lowest BCUT2D eigenvalue weighted by Crippen LogP contribution is -2.42. The summed E-state index contributed by atoms with van der Waals surface area (Å²) in [4.78, 5) is 16.9. The standard InChI is InChI=1S/C18H21N5O2/c1-22-9-13(8-20-22)18(12-6-14(24)7-12)21-17(25)10-23-11-19-15-4-2-3-5-16(15)23/h2-5,8-9,11-12,14,18,24H,6-7,10H2,1H3,(H,21,25). The first-order valence-corrected chi connectivity index (χ1v) is 8.46. The summed E-state index contributed by atoms with van der Waals surface area (Å²) in [5, 5.41) is 17.0.